The Morgan fingerprint density at radius 2 is 1.30 bits per heavy atom. The summed E-state index contributed by atoms with van der Waals surface area (Å²) in [5.41, 5.74) is 3.74. The first kappa shape index (κ1) is 118. The molecule has 7 aliphatic rings. The number of Topliss-reactive ketones (excluding diaryl/α,β-unsaturated/α-hetero) is 4. The van der Waals surface area contributed by atoms with Crippen LogP contribution in [-0.2, 0) is 141 Å². The number of ether oxygens (including phenoxy) is 12. The number of rotatable bonds is 66. The molecule has 1 aromatic heterocycles. The minimum Gasteiger partial charge on any atom is -0.445 e. The first-order chi connectivity index (χ1) is 71.1. The van der Waals surface area contributed by atoms with Gasteiger partial charge >= 0.3 is 12.1 Å². The lowest BCUT2D eigenvalue weighted by Gasteiger charge is -2.63. The zero-order valence-electron chi connectivity index (χ0n) is 85.5. The molecule has 4 aromatic rings. The molecular weight excluding hydrogens is 1950 g/mol. The number of hydrogen-bond donors (Lipinski definition) is 9. The number of fused-ring (bicyclic) bond motifs is 10. The topological polar surface area (TPSA) is 522 Å². The third-order valence-electron chi connectivity index (χ3n) is 28.5. The summed E-state index contributed by atoms with van der Waals surface area (Å²) in [6, 6.07) is 19.5. The van der Waals surface area contributed by atoms with Crippen molar-refractivity contribution in [1.82, 2.24) is 41.6 Å². The molecule has 148 heavy (non-hydrogen) atoms. The number of alkyl halides is 2. The van der Waals surface area contributed by atoms with Crippen LogP contribution in [0.15, 0.2) is 96.6 Å². The standard InChI is InChI=1S/C106H147F2N11O28S/c1-6-18-96-146-92-65-82-83-64-85(107)84-63-80(121)36-39-103(84,4)105(83,108)90(124)66-104(82,5)106(92,147-96)91(125)67-113-102(132)145-69-72-28-32-78(33-29-72)114-99(129)76(23-16-41-112-101(109)131)62-88(123)97(71(2)3)115-100(130)75(61-81(122)37-45-137-49-53-141-57-56-140-52-48-136-44-17-24-79(120)34-35-95(128)118-68-77-22-11-10-19-73(77)30-31-74-20-12-13-25-86(74)118)21-14-15-40-110-94(127)70-144-89-27-9-7-8-26-87-98(89)116-117-119(87)43-47-139-51-55-143-59-58-142-54-50-138-46-38-93(126)111-42-60-148(133,134)135/h10-13,19-20,22,25,28-29,32-33,36,39,63,71,75-76,82-83,85,89-90,92,96-97,124H,6-9,14-18,21,23-24,26-27,34-35,37-38,40-62,64-70H2,1-5H3,(H,110,127)(H,111,126)(H,113,132)(H,114,129)(H,115,130)(H3,109,112,131)(H,133,134,135)/t75-,76+,82-,83-,85-,89?,90-,92+,96?,97-,103-,104-,105-,106+/m0/s1. The first-order valence-electron chi connectivity index (χ1n) is 51.8. The summed E-state index contributed by atoms with van der Waals surface area (Å²) in [5, 5.41) is 37.1. The van der Waals surface area contributed by atoms with E-state index in [1.165, 1.54) is 19.1 Å². The van der Waals surface area contributed by atoms with Crippen molar-refractivity contribution < 1.29 is 141 Å². The van der Waals surface area contributed by atoms with Gasteiger partial charge in [-0.1, -0.05) is 119 Å². The number of nitrogens with two attached hydrogens (primary N) is 1. The van der Waals surface area contributed by atoms with Crippen molar-refractivity contribution in [2.24, 2.45) is 46.2 Å². The average molecular weight is 2090 g/mol. The Morgan fingerprint density at radius 1 is 0.669 bits per heavy atom. The molecule has 42 heteroatoms. The number of carbonyl (C=O) groups excluding carboxylic acids is 12. The highest BCUT2D eigenvalue weighted by Crippen LogP contribution is 2.72. The van der Waals surface area contributed by atoms with Crippen LogP contribution in [0.3, 0.4) is 0 Å². The van der Waals surface area contributed by atoms with Crippen molar-refractivity contribution in [3.63, 3.8) is 0 Å². The van der Waals surface area contributed by atoms with Crippen molar-refractivity contribution >= 4 is 92.1 Å². The van der Waals surface area contributed by atoms with E-state index in [1.54, 1.807) is 54.6 Å². The molecule has 0 spiro atoms. The molecule has 4 fully saturated rings. The minimum absolute atomic E-state index is 0.0141. The Labute approximate surface area is 863 Å². The van der Waals surface area contributed by atoms with Gasteiger partial charge in [0.25, 0.3) is 10.1 Å². The number of carbonyl (C=O) groups is 12. The number of benzene rings is 3. The van der Waals surface area contributed by atoms with Crippen LogP contribution in [0.5, 0.6) is 0 Å². The van der Waals surface area contributed by atoms with E-state index in [-0.39, 0.29) is 205 Å². The van der Waals surface area contributed by atoms with Crippen molar-refractivity contribution in [2.75, 3.05) is 154 Å². The maximum atomic E-state index is 18.1. The van der Waals surface area contributed by atoms with E-state index in [0.29, 0.717) is 127 Å². The summed E-state index contributed by atoms with van der Waals surface area (Å²) in [7, 11) is -4.17. The lowest BCUT2D eigenvalue weighted by molar-refractivity contribution is -0.233. The van der Waals surface area contributed by atoms with Crippen LogP contribution in [-0.4, -0.2) is 290 Å². The Bertz CT molecular complexity index is 5370. The summed E-state index contributed by atoms with van der Waals surface area (Å²) in [6.45, 7) is 12.2. The van der Waals surface area contributed by atoms with Gasteiger partial charge in [0, 0.05) is 117 Å². The summed E-state index contributed by atoms with van der Waals surface area (Å²) >= 11 is 0. The molecule has 10 N–H and O–H groups in total. The third kappa shape index (κ3) is 33.7. The fraction of sp³-hybridized carbons (Fsp3) is 0.642. The zero-order valence-corrected chi connectivity index (χ0v) is 86.3. The highest BCUT2D eigenvalue weighted by Gasteiger charge is 2.80. The number of nitrogens with one attached hydrogen (secondary N) is 6. The van der Waals surface area contributed by atoms with Crippen LogP contribution in [0, 0.1) is 52.3 Å². The molecule has 0 radical (unpaired) electrons. The second kappa shape index (κ2) is 58.7. The fourth-order valence-electron chi connectivity index (χ4n) is 20.8. The highest BCUT2D eigenvalue weighted by atomic mass is 32.2. The molecule has 2 unspecified atom stereocenters. The van der Waals surface area contributed by atoms with E-state index in [9.17, 15) is 71.1 Å². The number of halogens is 2. The van der Waals surface area contributed by atoms with Gasteiger partial charge in [0.2, 0.25) is 29.5 Å². The molecule has 2 aliphatic heterocycles. The van der Waals surface area contributed by atoms with Crippen LogP contribution < -0.4 is 42.5 Å². The molecule has 5 aliphatic carbocycles. The van der Waals surface area contributed by atoms with Gasteiger partial charge in [-0.3, -0.25) is 52.5 Å². The Morgan fingerprint density at radius 3 is 1.99 bits per heavy atom. The number of primary amides is 1. The van der Waals surface area contributed by atoms with Gasteiger partial charge in [-0.25, -0.2) is 23.1 Å². The number of aromatic nitrogens is 3. The van der Waals surface area contributed by atoms with Crippen LogP contribution in [0.2, 0.25) is 0 Å². The van der Waals surface area contributed by atoms with Crippen molar-refractivity contribution in [3.8, 4) is 11.8 Å². The monoisotopic (exact) mass is 2090 g/mol. The third-order valence-corrected chi connectivity index (χ3v) is 29.2. The van der Waals surface area contributed by atoms with Gasteiger partial charge < -0.3 is 104 Å². The number of para-hydroxylation sites is 1. The van der Waals surface area contributed by atoms with Crippen molar-refractivity contribution in [2.45, 2.75) is 250 Å². The van der Waals surface area contributed by atoms with Gasteiger partial charge in [-0.05, 0) is 155 Å². The second-order valence-electron chi connectivity index (χ2n) is 39.3. The van der Waals surface area contributed by atoms with Crippen LogP contribution >= 0.6 is 0 Å². The smallest absolute Gasteiger partial charge is 0.407 e. The van der Waals surface area contributed by atoms with Gasteiger partial charge in [-0.2, -0.15) is 8.42 Å². The number of alkyl carbamates (subject to hydrolysis) is 1. The van der Waals surface area contributed by atoms with E-state index in [1.807, 2.05) is 55.5 Å². The second-order valence-corrected chi connectivity index (χ2v) is 40.8. The number of ketones is 5. The number of aliphatic hydroxyl groups excluding tert-OH is 1. The van der Waals surface area contributed by atoms with Gasteiger partial charge in [0.05, 0.1) is 154 Å². The van der Waals surface area contributed by atoms with Crippen LogP contribution in [0.1, 0.15) is 216 Å². The number of urea groups is 1. The molecule has 0 bridgehead atoms. The summed E-state index contributed by atoms with van der Waals surface area (Å²) in [4.78, 5) is 164. The Balaban J connectivity index is 0.623. The number of unbranched alkanes of at least 4 members (excludes halogenated alkanes) is 1. The molecule has 8 amide bonds. The van der Waals surface area contributed by atoms with E-state index >= 15 is 8.78 Å². The summed E-state index contributed by atoms with van der Waals surface area (Å²) in [5.74, 6) is -2.48. The quantitative estimate of drug-likeness (QED) is 0.0113. The fourth-order valence-corrected chi connectivity index (χ4v) is 21.1. The van der Waals surface area contributed by atoms with E-state index in [2.05, 4.69) is 54.1 Å². The summed E-state index contributed by atoms with van der Waals surface area (Å²) < 4.78 is 137. The molecule has 3 heterocycles. The van der Waals surface area contributed by atoms with E-state index in [4.69, 9.17) is 67.1 Å². The van der Waals surface area contributed by atoms with E-state index in [0.717, 1.165) is 47.7 Å². The van der Waals surface area contributed by atoms with E-state index < -0.39 is 158 Å². The number of aliphatic hydroxyl groups is 1. The van der Waals surface area contributed by atoms with Crippen molar-refractivity contribution in [1.29, 1.82) is 0 Å². The van der Waals surface area contributed by atoms with Crippen molar-refractivity contribution in [3.05, 3.63) is 130 Å². The number of hydrogen-bond acceptors (Lipinski definition) is 29. The predicted octanol–water partition coefficient (Wildman–Crippen LogP) is 9.12. The molecule has 814 valence electrons. The maximum absolute atomic E-state index is 18.1. The number of nitrogens with zero attached hydrogens (tertiary/aromatic N) is 4. The largest absolute Gasteiger partial charge is 0.445 e. The predicted molar refractivity (Wildman–Crippen MR) is 536 cm³/mol. The molecular formula is C106H147F2N11O28S. The molecule has 14 atom stereocenters. The Hall–Kier alpha value is -10.6. The molecule has 39 nitrogen and oxygen atoms in total. The van der Waals surface area contributed by atoms with Gasteiger partial charge in [-0.15, -0.1) is 5.10 Å². The van der Waals surface area contributed by atoms with Gasteiger partial charge in [0.1, 0.15) is 42.7 Å². The number of allylic oxidation sites excluding steroid dienone is 4. The zero-order chi connectivity index (χ0) is 106. The highest BCUT2D eigenvalue weighted by molar-refractivity contribution is 7.85. The van der Waals surface area contributed by atoms with Crippen LogP contribution in [0.25, 0.3) is 0 Å². The molecule has 11 rings (SSSR count). The molecule has 3 saturated carbocycles. The normalized spacial score (nSPS) is 22.7. The number of anilines is 2. The lowest BCUT2D eigenvalue weighted by Crippen LogP contribution is -2.71. The Kier molecular flexibility index (Phi) is 46.6. The van der Waals surface area contributed by atoms with Gasteiger partial charge in [0.15, 0.2) is 34.9 Å². The molecule has 3 aromatic carbocycles. The minimum atomic E-state index is -4.17. The number of amides is 8. The van der Waals surface area contributed by atoms with Crippen LogP contribution in [0.4, 0.5) is 29.7 Å². The first-order valence-corrected chi connectivity index (χ1v) is 53.4. The lowest BCUT2D eigenvalue weighted by atomic mass is 9.44. The molecule has 1 saturated heterocycles. The SMILES string of the molecule is CCCC1O[C@@H]2C[C@H]3[C@@H]4C[C@H](F)C5=CC(=O)C=C[C@]5(C)[C@@]4(F)[C@@H](O)C[C@]3(C)[C@]2(C(=O)CNC(=O)OCc2ccc(NC(=O)[C@H](CCCNC(N)=O)CC(=O)[C@@H](NC(=O)[C@@H](CCCCNC(=O)COC3CCCCCc4c3nnn4CCOCCOCCOCCOCCC(=O)NCCS(=O)(=O)O)CC(=O)CCOCCOCCOCCOCCCC(=O)CCC(=O)N3Cc4ccccc4C#Cc4ccccc43)C(C)C)cc2)O1. The maximum Gasteiger partial charge on any atom is 0.407 e. The summed E-state index contributed by atoms with van der Waals surface area (Å²) in [6.07, 6.45) is 3.01. The average Bonchev–Trinajstić information content (AvgIpc) is 1.47.